The van der Waals surface area contributed by atoms with Crippen molar-refractivity contribution < 1.29 is 14.3 Å². The number of hydrogen-bond donors (Lipinski definition) is 1. The first kappa shape index (κ1) is 18.9. The summed E-state index contributed by atoms with van der Waals surface area (Å²) in [4.78, 5) is 15.1. The van der Waals surface area contributed by atoms with Crippen molar-refractivity contribution in [1.82, 2.24) is 4.90 Å². The standard InChI is InChI=1S/C24H24N2O3/c1-17-7-6-10-21(13-17)25-24(27)26(18(2)20-8-4-3-5-9-20)15-19-11-12-22-23(14-19)29-16-28-22/h3-14,18H,15-16H2,1-2H3,(H,25,27). The smallest absolute Gasteiger partial charge is 0.322 e. The van der Waals surface area contributed by atoms with Gasteiger partial charge in [-0.2, -0.15) is 0 Å². The number of rotatable bonds is 5. The van der Waals surface area contributed by atoms with E-state index in [2.05, 4.69) is 5.32 Å². The third kappa shape index (κ3) is 4.35. The summed E-state index contributed by atoms with van der Waals surface area (Å²) in [5.74, 6) is 1.45. The fourth-order valence-corrected chi connectivity index (χ4v) is 3.45. The first-order chi connectivity index (χ1) is 14.1. The number of fused-ring (bicyclic) bond motifs is 1. The van der Waals surface area contributed by atoms with E-state index in [0.717, 1.165) is 28.1 Å². The predicted octanol–water partition coefficient (Wildman–Crippen LogP) is 5.52. The zero-order chi connectivity index (χ0) is 20.2. The average Bonchev–Trinajstić information content (AvgIpc) is 3.20. The second-order valence-corrected chi connectivity index (χ2v) is 7.20. The lowest BCUT2D eigenvalue weighted by Crippen LogP contribution is -2.36. The molecular formula is C24H24N2O3. The molecule has 29 heavy (non-hydrogen) atoms. The summed E-state index contributed by atoms with van der Waals surface area (Å²) in [7, 11) is 0. The van der Waals surface area contributed by atoms with E-state index in [-0.39, 0.29) is 18.9 Å². The molecule has 1 atom stereocenters. The fourth-order valence-electron chi connectivity index (χ4n) is 3.45. The summed E-state index contributed by atoms with van der Waals surface area (Å²) in [6, 6.07) is 23.4. The normalized spacial score (nSPS) is 13.0. The van der Waals surface area contributed by atoms with Gasteiger partial charge in [-0.25, -0.2) is 4.79 Å². The molecule has 1 aliphatic rings. The number of carbonyl (C=O) groups is 1. The van der Waals surface area contributed by atoms with E-state index in [1.54, 1.807) is 0 Å². The van der Waals surface area contributed by atoms with E-state index >= 15 is 0 Å². The van der Waals surface area contributed by atoms with Crippen molar-refractivity contribution in [3.63, 3.8) is 0 Å². The molecule has 2 amide bonds. The van der Waals surface area contributed by atoms with Gasteiger partial charge < -0.3 is 19.7 Å². The molecule has 0 bridgehead atoms. The van der Waals surface area contributed by atoms with Gasteiger partial charge in [0, 0.05) is 12.2 Å². The molecule has 0 aliphatic carbocycles. The van der Waals surface area contributed by atoms with Crippen molar-refractivity contribution in [1.29, 1.82) is 0 Å². The Morgan fingerprint density at radius 2 is 1.79 bits per heavy atom. The summed E-state index contributed by atoms with van der Waals surface area (Å²) < 4.78 is 10.9. The Hall–Kier alpha value is -3.47. The predicted molar refractivity (Wildman–Crippen MR) is 113 cm³/mol. The number of hydrogen-bond acceptors (Lipinski definition) is 3. The molecule has 5 nitrogen and oxygen atoms in total. The van der Waals surface area contributed by atoms with E-state index < -0.39 is 0 Å². The molecule has 1 unspecified atom stereocenters. The summed E-state index contributed by atoms with van der Waals surface area (Å²) >= 11 is 0. The molecule has 0 saturated heterocycles. The van der Waals surface area contributed by atoms with Crippen LogP contribution in [0, 0.1) is 6.92 Å². The molecule has 0 fully saturated rings. The molecule has 148 valence electrons. The van der Waals surface area contributed by atoms with Crippen LogP contribution in [-0.4, -0.2) is 17.7 Å². The minimum Gasteiger partial charge on any atom is -0.454 e. The fraction of sp³-hybridized carbons (Fsp3) is 0.208. The topological polar surface area (TPSA) is 50.8 Å². The summed E-state index contributed by atoms with van der Waals surface area (Å²) in [5.41, 5.74) is 3.94. The van der Waals surface area contributed by atoms with Gasteiger partial charge in [-0.05, 0) is 54.8 Å². The lowest BCUT2D eigenvalue weighted by Gasteiger charge is -2.30. The number of benzene rings is 3. The van der Waals surface area contributed by atoms with Crippen LogP contribution in [-0.2, 0) is 6.54 Å². The lowest BCUT2D eigenvalue weighted by atomic mass is 10.1. The molecule has 0 aromatic heterocycles. The number of aryl methyl sites for hydroxylation is 1. The Morgan fingerprint density at radius 1 is 1.00 bits per heavy atom. The highest BCUT2D eigenvalue weighted by atomic mass is 16.7. The molecular weight excluding hydrogens is 364 g/mol. The van der Waals surface area contributed by atoms with Crippen LogP contribution in [0.2, 0.25) is 0 Å². The Kier molecular flexibility index (Phi) is 5.38. The van der Waals surface area contributed by atoms with Crippen molar-refractivity contribution in [2.75, 3.05) is 12.1 Å². The van der Waals surface area contributed by atoms with Crippen LogP contribution in [0.5, 0.6) is 11.5 Å². The SMILES string of the molecule is Cc1cccc(NC(=O)N(Cc2ccc3c(c2)OCO3)C(C)c2ccccc2)c1. The number of nitrogens with zero attached hydrogens (tertiary/aromatic N) is 1. The first-order valence-electron chi connectivity index (χ1n) is 9.68. The molecule has 1 N–H and O–H groups in total. The van der Waals surface area contributed by atoms with Gasteiger partial charge >= 0.3 is 6.03 Å². The maximum absolute atomic E-state index is 13.2. The highest BCUT2D eigenvalue weighted by Gasteiger charge is 2.23. The Labute approximate surface area is 170 Å². The molecule has 0 spiro atoms. The molecule has 3 aromatic rings. The maximum Gasteiger partial charge on any atom is 0.322 e. The van der Waals surface area contributed by atoms with Gasteiger partial charge in [0.2, 0.25) is 6.79 Å². The average molecular weight is 388 g/mol. The molecule has 1 aliphatic heterocycles. The largest absolute Gasteiger partial charge is 0.454 e. The highest BCUT2D eigenvalue weighted by molar-refractivity contribution is 5.89. The van der Waals surface area contributed by atoms with Crippen molar-refractivity contribution in [2.24, 2.45) is 0 Å². The van der Waals surface area contributed by atoms with Crippen molar-refractivity contribution >= 4 is 11.7 Å². The molecule has 0 saturated carbocycles. The number of urea groups is 1. The quantitative estimate of drug-likeness (QED) is 0.626. The summed E-state index contributed by atoms with van der Waals surface area (Å²) in [5, 5.41) is 3.04. The minimum absolute atomic E-state index is 0.105. The van der Waals surface area contributed by atoms with E-state index in [9.17, 15) is 4.79 Å². The number of amides is 2. The minimum atomic E-state index is -0.149. The van der Waals surface area contributed by atoms with Crippen LogP contribution in [0.25, 0.3) is 0 Å². The lowest BCUT2D eigenvalue weighted by molar-refractivity contribution is 0.173. The zero-order valence-corrected chi connectivity index (χ0v) is 16.6. The van der Waals surface area contributed by atoms with Gasteiger partial charge in [0.1, 0.15) is 0 Å². The van der Waals surface area contributed by atoms with Gasteiger partial charge in [-0.1, -0.05) is 48.5 Å². The Balaban J connectivity index is 1.60. The van der Waals surface area contributed by atoms with E-state index in [4.69, 9.17) is 9.47 Å². The van der Waals surface area contributed by atoms with Crippen molar-refractivity contribution in [2.45, 2.75) is 26.4 Å². The van der Waals surface area contributed by atoms with Gasteiger partial charge in [-0.3, -0.25) is 0 Å². The Bertz CT molecular complexity index is 1000. The first-order valence-corrected chi connectivity index (χ1v) is 9.68. The van der Waals surface area contributed by atoms with Gasteiger partial charge in [-0.15, -0.1) is 0 Å². The van der Waals surface area contributed by atoms with Crippen LogP contribution in [0.1, 0.15) is 29.7 Å². The second-order valence-electron chi connectivity index (χ2n) is 7.20. The van der Waals surface area contributed by atoms with E-state index in [1.165, 1.54) is 0 Å². The third-order valence-corrected chi connectivity index (χ3v) is 5.07. The monoisotopic (exact) mass is 388 g/mol. The summed E-state index contributed by atoms with van der Waals surface area (Å²) in [6.45, 7) is 4.73. The van der Waals surface area contributed by atoms with Gasteiger partial charge in [0.15, 0.2) is 11.5 Å². The molecule has 4 rings (SSSR count). The molecule has 1 heterocycles. The van der Waals surface area contributed by atoms with Crippen LogP contribution in [0.3, 0.4) is 0 Å². The van der Waals surface area contributed by atoms with Gasteiger partial charge in [0.05, 0.1) is 6.04 Å². The number of nitrogens with one attached hydrogen (secondary N) is 1. The van der Waals surface area contributed by atoms with E-state index in [0.29, 0.717) is 12.3 Å². The second kappa shape index (κ2) is 8.27. The van der Waals surface area contributed by atoms with Crippen LogP contribution in [0.15, 0.2) is 72.8 Å². The van der Waals surface area contributed by atoms with Crippen molar-refractivity contribution in [3.05, 3.63) is 89.5 Å². The molecule has 3 aromatic carbocycles. The Morgan fingerprint density at radius 3 is 2.59 bits per heavy atom. The zero-order valence-electron chi connectivity index (χ0n) is 16.6. The van der Waals surface area contributed by atoms with Gasteiger partial charge in [0.25, 0.3) is 0 Å². The van der Waals surface area contributed by atoms with Crippen LogP contribution >= 0.6 is 0 Å². The van der Waals surface area contributed by atoms with E-state index in [1.807, 2.05) is 91.5 Å². The third-order valence-electron chi connectivity index (χ3n) is 5.07. The molecule has 5 heteroatoms. The highest BCUT2D eigenvalue weighted by Crippen LogP contribution is 2.33. The van der Waals surface area contributed by atoms with Crippen LogP contribution < -0.4 is 14.8 Å². The maximum atomic E-state index is 13.2. The number of anilines is 1. The number of carbonyl (C=O) groups excluding carboxylic acids is 1. The van der Waals surface area contributed by atoms with Crippen molar-refractivity contribution in [3.8, 4) is 11.5 Å². The van der Waals surface area contributed by atoms with Crippen LogP contribution in [0.4, 0.5) is 10.5 Å². The summed E-state index contributed by atoms with van der Waals surface area (Å²) in [6.07, 6.45) is 0. The molecule has 0 radical (unpaired) electrons. The number of ether oxygens (including phenoxy) is 2.